The first-order chi connectivity index (χ1) is 6.61. The van der Waals surface area contributed by atoms with E-state index in [0.29, 0.717) is 11.3 Å². The lowest BCUT2D eigenvalue weighted by Gasteiger charge is -2.07. The van der Waals surface area contributed by atoms with Crippen molar-refractivity contribution < 1.29 is 14.3 Å². The molecule has 0 atom stereocenters. The third kappa shape index (κ3) is 2.73. The molecule has 0 amide bonds. The second-order valence-corrected chi connectivity index (χ2v) is 3.01. The van der Waals surface area contributed by atoms with E-state index in [1.807, 2.05) is 0 Å². The van der Waals surface area contributed by atoms with Crippen LogP contribution in [0.4, 0.5) is 10.1 Å². The summed E-state index contributed by atoms with van der Waals surface area (Å²) < 4.78 is 13.3. The van der Waals surface area contributed by atoms with Crippen LogP contribution in [-0.2, 0) is 4.79 Å². The van der Waals surface area contributed by atoms with Gasteiger partial charge in [-0.05, 0) is 18.6 Å². The quantitative estimate of drug-likeness (QED) is 0.776. The first-order valence-electron chi connectivity index (χ1n) is 4.32. The average molecular weight is 197 g/mol. The fourth-order valence-corrected chi connectivity index (χ4v) is 1.09. The number of carboxylic acids is 1. The lowest BCUT2D eigenvalue weighted by molar-refractivity contribution is -0.136. The molecule has 0 heterocycles. The summed E-state index contributed by atoms with van der Waals surface area (Å²) in [5, 5.41) is 11.1. The van der Waals surface area contributed by atoms with Crippen molar-refractivity contribution >= 4 is 11.7 Å². The molecule has 0 radical (unpaired) electrons. The minimum atomic E-state index is -0.898. The van der Waals surface area contributed by atoms with Crippen LogP contribution in [0.25, 0.3) is 0 Å². The number of carboxylic acid groups (broad SMARTS) is 1. The summed E-state index contributed by atoms with van der Waals surface area (Å²) in [7, 11) is 0. The maximum absolute atomic E-state index is 13.3. The van der Waals surface area contributed by atoms with Gasteiger partial charge in [-0.2, -0.15) is 0 Å². The van der Waals surface area contributed by atoms with Gasteiger partial charge in [0.2, 0.25) is 0 Å². The zero-order valence-corrected chi connectivity index (χ0v) is 7.88. The number of carbonyl (C=O) groups is 1. The van der Waals surface area contributed by atoms with Crippen LogP contribution in [0.2, 0.25) is 0 Å². The number of halogens is 1. The van der Waals surface area contributed by atoms with E-state index in [0.717, 1.165) is 0 Å². The van der Waals surface area contributed by atoms with E-state index in [1.54, 1.807) is 25.1 Å². The maximum Gasteiger partial charge on any atom is 0.305 e. The molecule has 0 saturated carbocycles. The Kier molecular flexibility index (Phi) is 3.45. The summed E-state index contributed by atoms with van der Waals surface area (Å²) in [6.45, 7) is 1.90. The molecule has 14 heavy (non-hydrogen) atoms. The minimum absolute atomic E-state index is 0.0205. The molecule has 0 aliphatic rings. The zero-order chi connectivity index (χ0) is 10.6. The summed E-state index contributed by atoms with van der Waals surface area (Å²) in [4.78, 5) is 10.2. The van der Waals surface area contributed by atoms with E-state index < -0.39 is 5.97 Å². The Morgan fingerprint density at radius 3 is 2.93 bits per heavy atom. The largest absolute Gasteiger partial charge is 0.481 e. The van der Waals surface area contributed by atoms with E-state index in [1.165, 1.54) is 0 Å². The molecule has 0 aliphatic heterocycles. The van der Waals surface area contributed by atoms with Crippen molar-refractivity contribution in [2.75, 3.05) is 11.9 Å². The highest BCUT2D eigenvalue weighted by molar-refractivity contribution is 5.67. The van der Waals surface area contributed by atoms with Crippen molar-refractivity contribution in [3.05, 3.63) is 29.6 Å². The zero-order valence-electron chi connectivity index (χ0n) is 7.88. The number of hydrogen-bond acceptors (Lipinski definition) is 2. The molecule has 2 N–H and O–H groups in total. The van der Waals surface area contributed by atoms with E-state index in [-0.39, 0.29) is 18.8 Å². The Bertz CT molecular complexity index is 339. The van der Waals surface area contributed by atoms with Gasteiger partial charge >= 0.3 is 5.97 Å². The molecule has 3 nitrogen and oxygen atoms in total. The summed E-state index contributed by atoms with van der Waals surface area (Å²) in [6.07, 6.45) is -0.0205. The maximum atomic E-state index is 13.3. The van der Waals surface area contributed by atoms with E-state index in [2.05, 4.69) is 5.32 Å². The molecular formula is C10H12FNO2. The Hall–Kier alpha value is -1.58. The normalized spacial score (nSPS) is 9.86. The number of nitrogens with one attached hydrogen (secondary N) is 1. The molecule has 0 spiro atoms. The van der Waals surface area contributed by atoms with Gasteiger partial charge in [-0.25, -0.2) is 4.39 Å². The standard InChI is InChI=1S/C10H12FNO2/c1-7-3-2-4-8(10(7)11)12-6-5-9(13)14/h2-4,12H,5-6H2,1H3,(H,13,14). The molecule has 1 aromatic carbocycles. The molecule has 4 heteroatoms. The van der Waals surface area contributed by atoms with Crippen LogP contribution in [0, 0.1) is 12.7 Å². The third-order valence-corrected chi connectivity index (χ3v) is 1.85. The predicted molar refractivity (Wildman–Crippen MR) is 51.9 cm³/mol. The van der Waals surface area contributed by atoms with Gasteiger partial charge in [0.1, 0.15) is 5.82 Å². The van der Waals surface area contributed by atoms with E-state index in [9.17, 15) is 9.18 Å². The van der Waals surface area contributed by atoms with Crippen molar-refractivity contribution in [1.29, 1.82) is 0 Å². The van der Waals surface area contributed by atoms with Gasteiger partial charge < -0.3 is 10.4 Å². The van der Waals surface area contributed by atoms with Crippen molar-refractivity contribution in [3.63, 3.8) is 0 Å². The second-order valence-electron chi connectivity index (χ2n) is 3.01. The van der Waals surface area contributed by atoms with Gasteiger partial charge in [-0.15, -0.1) is 0 Å². The highest BCUT2D eigenvalue weighted by atomic mass is 19.1. The molecule has 76 valence electrons. The summed E-state index contributed by atoms with van der Waals surface area (Å²) in [6, 6.07) is 4.98. The molecular weight excluding hydrogens is 185 g/mol. The van der Waals surface area contributed by atoms with Crippen molar-refractivity contribution in [3.8, 4) is 0 Å². The number of hydrogen-bond donors (Lipinski definition) is 2. The second kappa shape index (κ2) is 4.60. The molecule has 0 bridgehead atoms. The summed E-state index contributed by atoms with van der Waals surface area (Å²) in [5.41, 5.74) is 0.900. The molecule has 0 aromatic heterocycles. The monoisotopic (exact) mass is 197 g/mol. The highest BCUT2D eigenvalue weighted by Gasteiger charge is 2.04. The van der Waals surface area contributed by atoms with Crippen molar-refractivity contribution in [2.24, 2.45) is 0 Å². The van der Waals surface area contributed by atoms with Crippen LogP contribution in [0.5, 0.6) is 0 Å². The SMILES string of the molecule is Cc1cccc(NCCC(=O)O)c1F. The molecule has 0 fully saturated rings. The number of rotatable bonds is 4. The summed E-state index contributed by atoms with van der Waals surface area (Å²) in [5.74, 6) is -1.22. The van der Waals surface area contributed by atoms with E-state index in [4.69, 9.17) is 5.11 Å². The van der Waals surface area contributed by atoms with Crippen molar-refractivity contribution in [1.82, 2.24) is 0 Å². The lowest BCUT2D eigenvalue weighted by Crippen LogP contribution is -2.08. The average Bonchev–Trinajstić information content (AvgIpc) is 2.12. The van der Waals surface area contributed by atoms with Gasteiger partial charge in [0.25, 0.3) is 0 Å². The van der Waals surface area contributed by atoms with Crippen LogP contribution in [0.15, 0.2) is 18.2 Å². The fraction of sp³-hybridized carbons (Fsp3) is 0.300. The number of aryl methyl sites for hydroxylation is 1. The minimum Gasteiger partial charge on any atom is -0.481 e. The van der Waals surface area contributed by atoms with Crippen LogP contribution >= 0.6 is 0 Å². The first kappa shape index (κ1) is 10.5. The molecule has 0 unspecified atom stereocenters. The molecule has 0 saturated heterocycles. The highest BCUT2D eigenvalue weighted by Crippen LogP contribution is 2.16. The number of benzene rings is 1. The molecule has 1 aromatic rings. The topological polar surface area (TPSA) is 49.3 Å². The Morgan fingerprint density at radius 1 is 1.57 bits per heavy atom. The van der Waals surface area contributed by atoms with Gasteiger partial charge in [0, 0.05) is 6.54 Å². The van der Waals surface area contributed by atoms with Gasteiger partial charge in [0.15, 0.2) is 0 Å². The summed E-state index contributed by atoms with van der Waals surface area (Å²) >= 11 is 0. The van der Waals surface area contributed by atoms with Crippen LogP contribution < -0.4 is 5.32 Å². The van der Waals surface area contributed by atoms with Gasteiger partial charge in [0.05, 0.1) is 12.1 Å². The fourth-order valence-electron chi connectivity index (χ4n) is 1.09. The Balaban J connectivity index is 2.59. The number of anilines is 1. The van der Waals surface area contributed by atoms with Gasteiger partial charge in [-0.1, -0.05) is 12.1 Å². The van der Waals surface area contributed by atoms with Crippen LogP contribution in [0.3, 0.4) is 0 Å². The lowest BCUT2D eigenvalue weighted by atomic mass is 10.2. The van der Waals surface area contributed by atoms with Crippen LogP contribution in [0.1, 0.15) is 12.0 Å². The Morgan fingerprint density at radius 2 is 2.29 bits per heavy atom. The number of aliphatic carboxylic acids is 1. The van der Waals surface area contributed by atoms with Crippen LogP contribution in [-0.4, -0.2) is 17.6 Å². The predicted octanol–water partition coefficient (Wildman–Crippen LogP) is 2.02. The van der Waals surface area contributed by atoms with E-state index >= 15 is 0 Å². The Labute approximate surface area is 81.6 Å². The molecule has 1 rings (SSSR count). The first-order valence-corrected chi connectivity index (χ1v) is 4.32. The smallest absolute Gasteiger partial charge is 0.305 e. The van der Waals surface area contributed by atoms with Gasteiger partial charge in [-0.3, -0.25) is 4.79 Å². The third-order valence-electron chi connectivity index (χ3n) is 1.85. The molecule has 0 aliphatic carbocycles. The van der Waals surface area contributed by atoms with Crippen molar-refractivity contribution in [2.45, 2.75) is 13.3 Å².